The van der Waals surface area contributed by atoms with E-state index in [2.05, 4.69) is 20.3 Å². The fraction of sp³-hybridized carbons (Fsp3) is 0.688. The fourth-order valence-corrected chi connectivity index (χ4v) is 4.48. The van der Waals surface area contributed by atoms with Crippen LogP contribution in [0.3, 0.4) is 0 Å². The Morgan fingerprint density at radius 2 is 2.15 bits per heavy atom. The van der Waals surface area contributed by atoms with Crippen LogP contribution in [-0.2, 0) is 10.0 Å². The van der Waals surface area contributed by atoms with Crippen LogP contribution >= 0.6 is 46.9 Å². The van der Waals surface area contributed by atoms with Crippen LogP contribution in [0.2, 0.25) is 4.34 Å². The number of hydrogen-bond donors (Lipinski definition) is 4. The molecular formula is C16H28ClIN4O3S2. The summed E-state index contributed by atoms with van der Waals surface area (Å²) in [7, 11) is -3.29. The van der Waals surface area contributed by atoms with E-state index in [9.17, 15) is 13.5 Å². The van der Waals surface area contributed by atoms with Crippen molar-refractivity contribution in [3.63, 3.8) is 0 Å². The molecule has 0 spiro atoms. The van der Waals surface area contributed by atoms with E-state index in [4.69, 9.17) is 11.6 Å². The van der Waals surface area contributed by atoms with Crippen molar-refractivity contribution in [1.29, 1.82) is 0 Å². The molecule has 1 unspecified atom stereocenters. The molecule has 0 saturated heterocycles. The molecular weight excluding hydrogens is 523 g/mol. The molecule has 1 aliphatic carbocycles. The lowest BCUT2D eigenvalue weighted by atomic mass is 9.86. The molecule has 1 aromatic heterocycles. The second-order valence-electron chi connectivity index (χ2n) is 6.27. The normalized spacial score (nSPS) is 16.3. The Morgan fingerprint density at radius 3 is 2.70 bits per heavy atom. The van der Waals surface area contributed by atoms with Gasteiger partial charge in [0, 0.05) is 24.5 Å². The fourth-order valence-electron chi connectivity index (χ4n) is 2.43. The predicted molar refractivity (Wildman–Crippen MR) is 123 cm³/mol. The lowest BCUT2D eigenvalue weighted by molar-refractivity contribution is 0.191. The first kappa shape index (κ1) is 24.9. The number of rotatable bonds is 10. The first-order chi connectivity index (χ1) is 12.4. The Balaban J connectivity index is 0.00000364. The molecule has 1 saturated carbocycles. The van der Waals surface area contributed by atoms with E-state index in [0.29, 0.717) is 29.3 Å². The van der Waals surface area contributed by atoms with Crippen molar-refractivity contribution >= 4 is 62.9 Å². The predicted octanol–water partition coefficient (Wildman–Crippen LogP) is 2.33. The first-order valence-corrected chi connectivity index (χ1v) is 11.7. The van der Waals surface area contributed by atoms with Gasteiger partial charge in [-0.2, -0.15) is 0 Å². The number of nitrogens with one attached hydrogen (secondary N) is 3. The first-order valence-electron chi connectivity index (χ1n) is 8.82. The number of aliphatic hydroxyl groups excluding tert-OH is 1. The van der Waals surface area contributed by atoms with Crippen molar-refractivity contribution in [2.75, 3.05) is 31.9 Å². The molecule has 0 aliphatic heterocycles. The quantitative estimate of drug-likeness (QED) is 0.203. The molecule has 2 rings (SSSR count). The van der Waals surface area contributed by atoms with Crippen LogP contribution in [0, 0.1) is 5.92 Å². The molecule has 7 nitrogen and oxygen atoms in total. The van der Waals surface area contributed by atoms with Gasteiger partial charge in [-0.3, -0.25) is 4.99 Å². The van der Waals surface area contributed by atoms with Crippen molar-refractivity contribution < 1.29 is 13.5 Å². The third kappa shape index (κ3) is 9.27. The lowest BCUT2D eigenvalue weighted by Crippen LogP contribution is -2.42. The molecule has 1 fully saturated rings. The van der Waals surface area contributed by atoms with Gasteiger partial charge < -0.3 is 15.7 Å². The van der Waals surface area contributed by atoms with Crippen LogP contribution in [0.5, 0.6) is 0 Å². The van der Waals surface area contributed by atoms with Gasteiger partial charge in [0.2, 0.25) is 10.0 Å². The summed E-state index contributed by atoms with van der Waals surface area (Å²) in [4.78, 5) is 5.06. The highest BCUT2D eigenvalue weighted by molar-refractivity contribution is 14.0. The number of sulfonamides is 1. The molecule has 1 atom stereocenters. The highest BCUT2D eigenvalue weighted by Crippen LogP contribution is 2.27. The third-order valence-corrected chi connectivity index (χ3v) is 6.85. The second-order valence-corrected chi connectivity index (χ2v) is 9.94. The Kier molecular flexibility index (Phi) is 11.5. The summed E-state index contributed by atoms with van der Waals surface area (Å²) in [6, 6.07) is 3.51. The smallest absolute Gasteiger partial charge is 0.213 e. The molecule has 1 aliphatic rings. The van der Waals surface area contributed by atoms with Crippen molar-refractivity contribution in [1.82, 2.24) is 15.4 Å². The Morgan fingerprint density at radius 1 is 1.41 bits per heavy atom. The number of aliphatic hydroxyl groups is 1. The summed E-state index contributed by atoms with van der Waals surface area (Å²) in [5.74, 6) is 0.944. The van der Waals surface area contributed by atoms with Crippen LogP contribution in [0.4, 0.5) is 0 Å². The van der Waals surface area contributed by atoms with Crippen LogP contribution in [-0.4, -0.2) is 51.4 Å². The maximum atomic E-state index is 12.0. The lowest BCUT2D eigenvalue weighted by Gasteiger charge is -2.25. The van der Waals surface area contributed by atoms with Crippen LogP contribution in [0.1, 0.15) is 37.2 Å². The minimum atomic E-state index is -3.29. The second kappa shape index (κ2) is 12.4. The largest absolute Gasteiger partial charge is 0.386 e. The molecule has 0 aromatic carbocycles. The monoisotopic (exact) mass is 550 g/mol. The minimum absolute atomic E-state index is 0. The van der Waals surface area contributed by atoms with E-state index in [1.165, 1.54) is 17.8 Å². The van der Waals surface area contributed by atoms with E-state index in [0.717, 1.165) is 17.7 Å². The van der Waals surface area contributed by atoms with Gasteiger partial charge in [-0.05, 0) is 37.8 Å². The summed E-state index contributed by atoms with van der Waals surface area (Å²) < 4.78 is 27.3. The Labute approximate surface area is 187 Å². The molecule has 27 heavy (non-hydrogen) atoms. The number of nitrogens with zero attached hydrogens (tertiary/aromatic N) is 1. The van der Waals surface area contributed by atoms with Crippen molar-refractivity contribution in [2.24, 2.45) is 10.9 Å². The van der Waals surface area contributed by atoms with Crippen LogP contribution < -0.4 is 15.4 Å². The molecule has 0 bridgehead atoms. The van der Waals surface area contributed by atoms with Gasteiger partial charge in [0.05, 0.1) is 16.6 Å². The zero-order chi connectivity index (χ0) is 19.0. The topological polar surface area (TPSA) is 103 Å². The molecule has 156 valence electrons. The average molecular weight is 551 g/mol. The van der Waals surface area contributed by atoms with E-state index in [1.807, 2.05) is 6.92 Å². The van der Waals surface area contributed by atoms with Gasteiger partial charge in [0.1, 0.15) is 6.10 Å². The maximum absolute atomic E-state index is 12.0. The van der Waals surface area contributed by atoms with Gasteiger partial charge >= 0.3 is 0 Å². The van der Waals surface area contributed by atoms with Crippen LogP contribution in [0.15, 0.2) is 17.1 Å². The SMILES string of the molecule is CCNC(=NCC(O)c1ccc(Cl)s1)NCCS(=O)(=O)NCC1CCC1.I. The maximum Gasteiger partial charge on any atom is 0.213 e. The summed E-state index contributed by atoms with van der Waals surface area (Å²) in [6.45, 7) is 3.50. The Bertz CT molecular complexity index is 696. The number of halogens is 2. The third-order valence-electron chi connectivity index (χ3n) is 4.17. The molecule has 0 amide bonds. The van der Waals surface area contributed by atoms with Crippen molar-refractivity contribution in [2.45, 2.75) is 32.3 Å². The number of hydrogen-bond acceptors (Lipinski definition) is 5. The van der Waals surface area contributed by atoms with Gasteiger partial charge in [-0.15, -0.1) is 35.3 Å². The standard InChI is InChI=1S/C16H27ClN4O3S2.HI/c1-2-18-16(20-11-13(22)14-6-7-15(17)25-14)19-8-9-26(23,24)21-10-12-4-3-5-12;/h6-7,12-13,21-22H,2-5,8-11H2,1H3,(H2,18,19,20);1H. The zero-order valence-electron chi connectivity index (χ0n) is 15.3. The van der Waals surface area contributed by atoms with Crippen molar-refractivity contribution in [3.05, 3.63) is 21.3 Å². The molecule has 11 heteroatoms. The summed E-state index contributed by atoms with van der Waals surface area (Å²) in [5.41, 5.74) is 0. The van der Waals surface area contributed by atoms with E-state index >= 15 is 0 Å². The highest BCUT2D eigenvalue weighted by Gasteiger charge is 2.20. The van der Waals surface area contributed by atoms with Gasteiger partial charge in [-0.25, -0.2) is 13.1 Å². The molecule has 1 aromatic rings. The van der Waals surface area contributed by atoms with Gasteiger partial charge in [0.25, 0.3) is 0 Å². The summed E-state index contributed by atoms with van der Waals surface area (Å²) in [5, 5.41) is 16.2. The van der Waals surface area contributed by atoms with Crippen molar-refractivity contribution in [3.8, 4) is 0 Å². The minimum Gasteiger partial charge on any atom is -0.386 e. The van der Waals surface area contributed by atoms with E-state index in [-0.39, 0.29) is 42.8 Å². The summed E-state index contributed by atoms with van der Waals surface area (Å²) >= 11 is 7.18. The van der Waals surface area contributed by atoms with E-state index in [1.54, 1.807) is 12.1 Å². The molecule has 1 heterocycles. The van der Waals surface area contributed by atoms with E-state index < -0.39 is 16.1 Å². The highest BCUT2D eigenvalue weighted by atomic mass is 127. The number of guanidine groups is 1. The Hall–Kier alpha value is -0.140. The summed E-state index contributed by atoms with van der Waals surface area (Å²) in [6.07, 6.45) is 2.67. The number of thiophene rings is 1. The van der Waals surface area contributed by atoms with Gasteiger partial charge in [-0.1, -0.05) is 18.0 Å². The number of aliphatic imine (C=N–C) groups is 1. The van der Waals surface area contributed by atoms with Crippen LogP contribution in [0.25, 0.3) is 0 Å². The zero-order valence-corrected chi connectivity index (χ0v) is 20.0. The molecule has 0 radical (unpaired) electrons. The average Bonchev–Trinajstić information content (AvgIpc) is 2.97. The van der Waals surface area contributed by atoms with Gasteiger partial charge in [0.15, 0.2) is 5.96 Å². The molecule has 4 N–H and O–H groups in total.